The van der Waals surface area contributed by atoms with E-state index in [1.54, 1.807) is 29.3 Å². The summed E-state index contributed by atoms with van der Waals surface area (Å²) in [7, 11) is 4.02. The highest BCUT2D eigenvalue weighted by molar-refractivity contribution is 5.96. The van der Waals surface area contributed by atoms with Crippen molar-refractivity contribution in [3.63, 3.8) is 0 Å². The van der Waals surface area contributed by atoms with Gasteiger partial charge in [-0.3, -0.25) is 9.78 Å². The number of aryl methyl sites for hydroxylation is 1. The first-order chi connectivity index (χ1) is 16.4. The Morgan fingerprint density at radius 3 is 2.50 bits per heavy atom. The van der Waals surface area contributed by atoms with Crippen LogP contribution < -0.4 is 10.6 Å². The zero-order valence-electron chi connectivity index (χ0n) is 20.1. The molecule has 0 bridgehead atoms. The Morgan fingerprint density at radius 2 is 1.85 bits per heavy atom. The molecule has 0 atom stereocenters. The molecule has 1 saturated heterocycles. The summed E-state index contributed by atoms with van der Waals surface area (Å²) in [6.07, 6.45) is 13.2. The van der Waals surface area contributed by atoms with Gasteiger partial charge in [-0.15, -0.1) is 0 Å². The summed E-state index contributed by atoms with van der Waals surface area (Å²) in [5.74, 6) is -0.873. The van der Waals surface area contributed by atoms with Gasteiger partial charge in [-0.05, 0) is 82.1 Å². The Balaban J connectivity index is 0.000000336. The molecule has 0 unspecified atom stereocenters. The maximum absolute atomic E-state index is 14.3. The number of carbonyl (C=O) groups excluding carboxylic acids is 1. The standard InChI is InChI=1S/C20H20FN5O.C6H13N/c1-12-5-19(21)18(20(27)25-14-3-4-14)7-17(12)13-8-24-26(11-13)16-6-15(22-2)9-23-10-16;1-7-5-3-2-4-6-7/h5-11,14,22H,3-4H2,1-2H3,(H,25,27);2-6H2,1H3. The number of carbonyl (C=O) groups is 1. The van der Waals surface area contributed by atoms with Gasteiger partial charge in [-0.25, -0.2) is 9.07 Å². The molecule has 1 saturated carbocycles. The Labute approximate surface area is 200 Å². The quantitative estimate of drug-likeness (QED) is 0.585. The van der Waals surface area contributed by atoms with Gasteiger partial charge in [-0.1, -0.05) is 6.42 Å². The van der Waals surface area contributed by atoms with E-state index in [0.29, 0.717) is 0 Å². The molecule has 0 radical (unpaired) electrons. The van der Waals surface area contributed by atoms with Crippen LogP contribution in [-0.2, 0) is 0 Å². The lowest BCUT2D eigenvalue weighted by Crippen LogP contribution is -2.26. The number of amides is 1. The molecule has 1 aromatic carbocycles. The summed E-state index contributed by atoms with van der Waals surface area (Å²) in [6, 6.07) is 5.11. The molecule has 1 amide bonds. The summed E-state index contributed by atoms with van der Waals surface area (Å²) < 4.78 is 16.0. The number of aromatic nitrogens is 3. The van der Waals surface area contributed by atoms with Crippen LogP contribution in [0.4, 0.5) is 10.1 Å². The number of pyridine rings is 1. The normalized spacial score (nSPS) is 15.9. The molecule has 1 aliphatic heterocycles. The number of hydrogen-bond donors (Lipinski definition) is 2. The van der Waals surface area contributed by atoms with Gasteiger partial charge in [0.1, 0.15) is 5.82 Å². The van der Waals surface area contributed by atoms with Crippen molar-refractivity contribution in [3.05, 3.63) is 59.9 Å². The van der Waals surface area contributed by atoms with Crippen LogP contribution in [0.15, 0.2) is 43.0 Å². The van der Waals surface area contributed by atoms with E-state index in [2.05, 4.69) is 32.7 Å². The van der Waals surface area contributed by atoms with E-state index in [1.807, 2.05) is 26.2 Å². The molecular formula is C26H33FN6O. The fourth-order valence-electron chi connectivity index (χ4n) is 3.99. The first-order valence-corrected chi connectivity index (χ1v) is 11.9. The molecule has 7 nitrogen and oxygen atoms in total. The number of likely N-dealkylation sites (tertiary alicyclic amines) is 1. The topological polar surface area (TPSA) is 75.1 Å². The summed E-state index contributed by atoms with van der Waals surface area (Å²) >= 11 is 0. The van der Waals surface area contributed by atoms with Crippen molar-refractivity contribution in [1.82, 2.24) is 25.0 Å². The molecule has 0 spiro atoms. The van der Waals surface area contributed by atoms with Crippen LogP contribution in [0.2, 0.25) is 0 Å². The highest BCUT2D eigenvalue weighted by Crippen LogP contribution is 2.28. The van der Waals surface area contributed by atoms with Gasteiger partial charge >= 0.3 is 0 Å². The molecule has 5 rings (SSSR count). The van der Waals surface area contributed by atoms with Gasteiger partial charge in [-0.2, -0.15) is 5.10 Å². The van der Waals surface area contributed by atoms with Crippen molar-refractivity contribution in [1.29, 1.82) is 0 Å². The molecule has 3 heterocycles. The third kappa shape index (κ3) is 5.99. The average Bonchev–Trinajstić information content (AvgIpc) is 3.52. The summed E-state index contributed by atoms with van der Waals surface area (Å²) in [6.45, 7) is 4.46. The van der Waals surface area contributed by atoms with Crippen LogP contribution in [0.25, 0.3) is 16.8 Å². The second-order valence-electron chi connectivity index (χ2n) is 9.11. The van der Waals surface area contributed by atoms with Crippen molar-refractivity contribution >= 4 is 11.6 Å². The summed E-state index contributed by atoms with van der Waals surface area (Å²) in [4.78, 5) is 18.9. The summed E-state index contributed by atoms with van der Waals surface area (Å²) in [5.41, 5.74) is 4.08. The molecule has 2 fully saturated rings. The van der Waals surface area contributed by atoms with Gasteiger partial charge in [0.25, 0.3) is 5.91 Å². The zero-order valence-corrected chi connectivity index (χ0v) is 20.1. The minimum atomic E-state index is -0.507. The van der Waals surface area contributed by atoms with Gasteiger partial charge < -0.3 is 15.5 Å². The lowest BCUT2D eigenvalue weighted by atomic mass is 9.99. The monoisotopic (exact) mass is 464 g/mol. The Kier molecular flexibility index (Phi) is 7.57. The number of anilines is 1. The highest BCUT2D eigenvalue weighted by atomic mass is 19.1. The van der Waals surface area contributed by atoms with E-state index < -0.39 is 5.82 Å². The Hall–Kier alpha value is -3.26. The SMILES string of the molecule is CN1CCCCC1.CNc1cncc(-n2cc(-c3cc(C(=O)NC4CC4)c(F)cc3C)cn2)c1. The number of halogens is 1. The van der Waals surface area contributed by atoms with Crippen molar-refractivity contribution in [2.75, 3.05) is 32.5 Å². The minimum Gasteiger partial charge on any atom is -0.387 e. The number of piperidine rings is 1. The predicted molar refractivity (Wildman–Crippen MR) is 133 cm³/mol. The van der Waals surface area contributed by atoms with Crippen LogP contribution >= 0.6 is 0 Å². The van der Waals surface area contributed by atoms with E-state index in [4.69, 9.17) is 0 Å². The van der Waals surface area contributed by atoms with E-state index in [0.717, 1.165) is 40.9 Å². The number of rotatable bonds is 5. The maximum Gasteiger partial charge on any atom is 0.254 e. The fraction of sp³-hybridized carbons (Fsp3) is 0.423. The third-order valence-electron chi connectivity index (χ3n) is 6.22. The Bertz CT molecular complexity index is 1130. The number of hydrogen-bond acceptors (Lipinski definition) is 5. The van der Waals surface area contributed by atoms with Crippen molar-refractivity contribution in [2.45, 2.75) is 45.1 Å². The molecular weight excluding hydrogens is 431 g/mol. The van der Waals surface area contributed by atoms with Crippen molar-refractivity contribution < 1.29 is 9.18 Å². The molecule has 1 aliphatic carbocycles. The third-order valence-corrected chi connectivity index (χ3v) is 6.22. The van der Waals surface area contributed by atoms with Crippen LogP contribution in [0, 0.1) is 12.7 Å². The molecule has 34 heavy (non-hydrogen) atoms. The number of nitrogens with one attached hydrogen (secondary N) is 2. The number of benzene rings is 1. The van der Waals surface area contributed by atoms with Crippen molar-refractivity contribution in [3.8, 4) is 16.8 Å². The van der Waals surface area contributed by atoms with Gasteiger partial charge in [0.05, 0.1) is 35.5 Å². The first kappa shape index (κ1) is 23.9. The molecule has 3 aromatic rings. The highest BCUT2D eigenvalue weighted by Gasteiger charge is 2.25. The first-order valence-electron chi connectivity index (χ1n) is 11.9. The van der Waals surface area contributed by atoms with Gasteiger partial charge in [0.2, 0.25) is 0 Å². The average molecular weight is 465 g/mol. The molecule has 8 heteroatoms. The van der Waals surface area contributed by atoms with Crippen LogP contribution in [0.3, 0.4) is 0 Å². The molecule has 2 aromatic heterocycles. The zero-order chi connectivity index (χ0) is 24.1. The van der Waals surface area contributed by atoms with Gasteiger partial charge in [0.15, 0.2) is 0 Å². The van der Waals surface area contributed by atoms with Crippen LogP contribution in [0.5, 0.6) is 0 Å². The second-order valence-corrected chi connectivity index (χ2v) is 9.11. The van der Waals surface area contributed by atoms with E-state index >= 15 is 0 Å². The van der Waals surface area contributed by atoms with E-state index in [1.165, 1.54) is 38.4 Å². The Morgan fingerprint density at radius 1 is 1.09 bits per heavy atom. The molecule has 2 aliphatic rings. The van der Waals surface area contributed by atoms with Gasteiger partial charge in [0, 0.05) is 24.8 Å². The summed E-state index contributed by atoms with van der Waals surface area (Å²) in [5, 5.41) is 10.3. The van der Waals surface area contributed by atoms with E-state index in [-0.39, 0.29) is 17.5 Å². The lowest BCUT2D eigenvalue weighted by molar-refractivity contribution is 0.0947. The second kappa shape index (κ2) is 10.8. The van der Waals surface area contributed by atoms with Crippen LogP contribution in [0.1, 0.15) is 48.0 Å². The fourth-order valence-corrected chi connectivity index (χ4v) is 3.99. The number of nitrogens with zero attached hydrogens (tertiary/aromatic N) is 4. The largest absolute Gasteiger partial charge is 0.387 e. The maximum atomic E-state index is 14.3. The van der Waals surface area contributed by atoms with Crippen molar-refractivity contribution in [2.24, 2.45) is 0 Å². The molecule has 180 valence electrons. The lowest BCUT2D eigenvalue weighted by Gasteiger charge is -2.20. The predicted octanol–water partition coefficient (Wildman–Crippen LogP) is 4.42. The minimum absolute atomic E-state index is 0.0640. The van der Waals surface area contributed by atoms with E-state index in [9.17, 15) is 9.18 Å². The molecule has 2 N–H and O–H groups in total. The smallest absolute Gasteiger partial charge is 0.254 e. The van der Waals surface area contributed by atoms with Crippen LogP contribution in [-0.4, -0.2) is 58.8 Å².